The zero-order chi connectivity index (χ0) is 28.0. The van der Waals surface area contributed by atoms with Gasteiger partial charge in [-0.1, -0.05) is 41.4 Å². The van der Waals surface area contributed by atoms with Crippen molar-refractivity contribution in [1.82, 2.24) is 0 Å². The van der Waals surface area contributed by atoms with Gasteiger partial charge in [-0.05, 0) is 85.3 Å². The van der Waals surface area contributed by atoms with Crippen LogP contribution >= 0.6 is 11.6 Å². The Balaban J connectivity index is 1.49. The Bertz CT molecular complexity index is 1560. The molecule has 0 fully saturated rings. The Morgan fingerprint density at radius 2 is 1.49 bits per heavy atom. The van der Waals surface area contributed by atoms with E-state index in [-0.39, 0.29) is 18.0 Å². The maximum atomic E-state index is 13.6. The minimum Gasteiger partial charge on any atom is -0.484 e. The molecule has 0 atom stereocenters. The third-order valence-corrected chi connectivity index (χ3v) is 7.84. The first kappa shape index (κ1) is 27.7. The fourth-order valence-corrected chi connectivity index (χ4v) is 5.26. The summed E-state index contributed by atoms with van der Waals surface area (Å²) in [6.07, 6.45) is 0. The van der Waals surface area contributed by atoms with Crippen molar-refractivity contribution in [3.8, 4) is 5.75 Å². The maximum absolute atomic E-state index is 13.6. The summed E-state index contributed by atoms with van der Waals surface area (Å²) in [5.74, 6) is -0.576. The number of nitrogens with one attached hydrogen (secondary N) is 1. The first-order valence-corrected chi connectivity index (χ1v) is 13.7. The SMILES string of the molecule is Cc1ccc(S(=O)(=O)N(Cc2ccc(Cl)cc2)c2ccc(OCC(=O)Nc3ccc(C(N)=O)cc3)cc2)cc1. The Labute approximate surface area is 232 Å². The molecule has 39 heavy (non-hydrogen) atoms. The Morgan fingerprint density at radius 1 is 0.872 bits per heavy atom. The molecule has 200 valence electrons. The molecule has 0 bridgehead atoms. The standard InChI is InChI=1S/C29H26ClN3O5S/c1-20-2-16-27(17-3-20)39(36,37)33(18-21-4-8-23(30)9-5-21)25-12-14-26(15-13-25)38-19-28(34)32-24-10-6-22(7-11-24)29(31)35/h2-17H,18-19H2,1H3,(H2,31,35)(H,32,34). The van der Waals surface area contributed by atoms with Crippen LogP contribution in [0.4, 0.5) is 11.4 Å². The molecule has 0 aliphatic carbocycles. The summed E-state index contributed by atoms with van der Waals surface area (Å²) in [4.78, 5) is 23.6. The number of amides is 2. The van der Waals surface area contributed by atoms with E-state index in [0.29, 0.717) is 27.7 Å². The largest absolute Gasteiger partial charge is 0.484 e. The summed E-state index contributed by atoms with van der Waals surface area (Å²) in [7, 11) is -3.89. The number of aryl methyl sites for hydroxylation is 1. The second-order valence-corrected chi connectivity index (χ2v) is 11.0. The predicted octanol–water partition coefficient (Wildman–Crippen LogP) is 5.16. The first-order chi connectivity index (χ1) is 18.6. The number of nitrogens with two attached hydrogens (primary N) is 1. The van der Waals surface area contributed by atoms with Gasteiger partial charge in [-0.15, -0.1) is 0 Å². The van der Waals surface area contributed by atoms with Crippen molar-refractivity contribution in [3.63, 3.8) is 0 Å². The van der Waals surface area contributed by atoms with Crippen molar-refractivity contribution in [1.29, 1.82) is 0 Å². The molecule has 0 aromatic heterocycles. The number of benzene rings is 4. The molecule has 0 heterocycles. The van der Waals surface area contributed by atoms with Crippen LogP contribution in [0.5, 0.6) is 5.75 Å². The van der Waals surface area contributed by atoms with Crippen LogP contribution in [0.3, 0.4) is 0 Å². The zero-order valence-corrected chi connectivity index (χ0v) is 22.6. The lowest BCUT2D eigenvalue weighted by atomic mass is 10.2. The molecule has 0 spiro atoms. The Hall–Kier alpha value is -4.34. The molecule has 0 saturated heterocycles. The number of carbonyl (C=O) groups excluding carboxylic acids is 2. The third-order valence-electron chi connectivity index (χ3n) is 5.80. The monoisotopic (exact) mass is 563 g/mol. The molecule has 0 aliphatic heterocycles. The van der Waals surface area contributed by atoms with E-state index in [4.69, 9.17) is 22.1 Å². The fraction of sp³-hybridized carbons (Fsp3) is 0.103. The summed E-state index contributed by atoms with van der Waals surface area (Å²) < 4.78 is 34.2. The number of nitrogens with zero attached hydrogens (tertiary/aromatic N) is 1. The van der Waals surface area contributed by atoms with Crippen molar-refractivity contribution in [2.75, 3.05) is 16.2 Å². The van der Waals surface area contributed by atoms with Gasteiger partial charge >= 0.3 is 0 Å². The molecular formula is C29H26ClN3O5S. The number of primary amides is 1. The topological polar surface area (TPSA) is 119 Å². The normalized spacial score (nSPS) is 11.0. The Morgan fingerprint density at radius 3 is 2.08 bits per heavy atom. The molecule has 0 saturated carbocycles. The van der Waals surface area contributed by atoms with Gasteiger partial charge in [0.15, 0.2) is 6.61 Å². The number of halogens is 1. The predicted molar refractivity (Wildman–Crippen MR) is 152 cm³/mol. The highest BCUT2D eigenvalue weighted by atomic mass is 35.5. The lowest BCUT2D eigenvalue weighted by Crippen LogP contribution is -2.30. The lowest BCUT2D eigenvalue weighted by Gasteiger charge is -2.25. The van der Waals surface area contributed by atoms with Gasteiger partial charge in [-0.2, -0.15) is 0 Å². The fourth-order valence-electron chi connectivity index (χ4n) is 3.68. The Kier molecular flexibility index (Phi) is 8.53. The van der Waals surface area contributed by atoms with Gasteiger partial charge in [0, 0.05) is 16.3 Å². The highest BCUT2D eigenvalue weighted by Gasteiger charge is 2.25. The second-order valence-electron chi connectivity index (χ2n) is 8.72. The van der Waals surface area contributed by atoms with Crippen LogP contribution in [0.1, 0.15) is 21.5 Å². The number of hydrogen-bond donors (Lipinski definition) is 2. The number of rotatable bonds is 10. The molecule has 10 heteroatoms. The van der Waals surface area contributed by atoms with E-state index in [1.807, 2.05) is 6.92 Å². The minimum atomic E-state index is -3.89. The average Bonchev–Trinajstić information content (AvgIpc) is 2.92. The summed E-state index contributed by atoms with van der Waals surface area (Å²) in [5, 5.41) is 3.22. The zero-order valence-electron chi connectivity index (χ0n) is 21.0. The summed E-state index contributed by atoms with van der Waals surface area (Å²) in [6.45, 7) is 1.71. The molecule has 0 aliphatic rings. The van der Waals surface area contributed by atoms with E-state index in [9.17, 15) is 18.0 Å². The van der Waals surface area contributed by atoms with Crippen molar-refractivity contribution in [3.05, 3.63) is 119 Å². The lowest BCUT2D eigenvalue weighted by molar-refractivity contribution is -0.118. The molecule has 4 aromatic carbocycles. The van der Waals surface area contributed by atoms with Crippen LogP contribution < -0.4 is 20.1 Å². The van der Waals surface area contributed by atoms with Crippen LogP contribution in [0.2, 0.25) is 5.02 Å². The van der Waals surface area contributed by atoms with Crippen molar-refractivity contribution < 1.29 is 22.7 Å². The quantitative estimate of drug-likeness (QED) is 0.276. The van der Waals surface area contributed by atoms with Crippen LogP contribution in [0.15, 0.2) is 102 Å². The van der Waals surface area contributed by atoms with E-state index in [1.165, 1.54) is 16.4 Å². The maximum Gasteiger partial charge on any atom is 0.264 e. The second kappa shape index (κ2) is 12.0. The van der Waals surface area contributed by atoms with Gasteiger partial charge in [-0.3, -0.25) is 13.9 Å². The van der Waals surface area contributed by atoms with Crippen LogP contribution in [0, 0.1) is 6.92 Å². The highest BCUT2D eigenvalue weighted by Crippen LogP contribution is 2.28. The van der Waals surface area contributed by atoms with E-state index >= 15 is 0 Å². The smallest absolute Gasteiger partial charge is 0.264 e. The highest BCUT2D eigenvalue weighted by molar-refractivity contribution is 7.92. The number of carbonyl (C=O) groups is 2. The van der Waals surface area contributed by atoms with Crippen LogP contribution in [-0.4, -0.2) is 26.8 Å². The van der Waals surface area contributed by atoms with Crippen LogP contribution in [-0.2, 0) is 21.4 Å². The van der Waals surface area contributed by atoms with Crippen molar-refractivity contribution in [2.45, 2.75) is 18.4 Å². The van der Waals surface area contributed by atoms with Crippen molar-refractivity contribution >= 4 is 44.8 Å². The summed E-state index contributed by atoms with van der Waals surface area (Å²) >= 11 is 6.01. The van der Waals surface area contributed by atoms with E-state index in [0.717, 1.165) is 11.1 Å². The van der Waals surface area contributed by atoms with E-state index in [2.05, 4.69) is 5.32 Å². The van der Waals surface area contributed by atoms with E-state index in [1.54, 1.807) is 84.9 Å². The van der Waals surface area contributed by atoms with Crippen LogP contribution in [0.25, 0.3) is 0 Å². The first-order valence-electron chi connectivity index (χ1n) is 11.9. The molecular weight excluding hydrogens is 538 g/mol. The van der Waals surface area contributed by atoms with Crippen molar-refractivity contribution in [2.24, 2.45) is 5.73 Å². The van der Waals surface area contributed by atoms with Gasteiger partial charge in [0.2, 0.25) is 5.91 Å². The third kappa shape index (κ3) is 7.16. The molecule has 0 unspecified atom stereocenters. The number of sulfonamides is 1. The molecule has 3 N–H and O–H groups in total. The average molecular weight is 564 g/mol. The van der Waals surface area contributed by atoms with Gasteiger partial charge in [0.05, 0.1) is 17.1 Å². The molecule has 4 rings (SSSR count). The van der Waals surface area contributed by atoms with Gasteiger partial charge < -0.3 is 15.8 Å². The van der Waals surface area contributed by atoms with Gasteiger partial charge in [-0.25, -0.2) is 8.42 Å². The minimum absolute atomic E-state index is 0.0878. The van der Waals surface area contributed by atoms with Gasteiger partial charge in [0.1, 0.15) is 5.75 Å². The molecule has 0 radical (unpaired) electrons. The number of ether oxygens (including phenoxy) is 1. The summed E-state index contributed by atoms with van der Waals surface area (Å²) in [5.41, 5.74) is 8.18. The van der Waals surface area contributed by atoms with Gasteiger partial charge in [0.25, 0.3) is 15.9 Å². The van der Waals surface area contributed by atoms with E-state index < -0.39 is 21.8 Å². The molecule has 2 amide bonds. The molecule has 8 nitrogen and oxygen atoms in total. The molecule has 4 aromatic rings. The number of anilines is 2. The number of hydrogen-bond acceptors (Lipinski definition) is 5. The summed E-state index contributed by atoms with van der Waals surface area (Å²) in [6, 6.07) is 26.2.